The quantitative estimate of drug-likeness (QED) is 0.481. The topological polar surface area (TPSA) is 0 Å². The molecule has 0 bridgehead atoms. The first-order chi connectivity index (χ1) is 9.32. The van der Waals surface area contributed by atoms with Crippen molar-refractivity contribution in [3.05, 3.63) is 59.7 Å². The van der Waals surface area contributed by atoms with Crippen molar-refractivity contribution in [1.29, 1.82) is 0 Å². The second kappa shape index (κ2) is 10.8. The van der Waals surface area contributed by atoms with Gasteiger partial charge < -0.3 is 0 Å². The zero-order chi connectivity index (χ0) is 15.6. The van der Waals surface area contributed by atoms with Gasteiger partial charge in [0, 0.05) is 0 Å². The van der Waals surface area contributed by atoms with Crippen molar-refractivity contribution in [2.45, 2.75) is 46.0 Å². The molecular weight excluding hydrogens is 366 g/mol. The summed E-state index contributed by atoms with van der Waals surface area (Å²) in [6, 6.07) is 17.0. The zero-order valence-electron chi connectivity index (χ0n) is 13.0. The number of hydrogen-bond acceptors (Lipinski definition) is 0. The third-order valence-corrected chi connectivity index (χ3v) is 2.88. The normalized spacial score (nSPS) is 10.0. The van der Waals surface area contributed by atoms with Gasteiger partial charge in [0.1, 0.15) is 0 Å². The van der Waals surface area contributed by atoms with E-state index in [1.165, 1.54) is 11.1 Å². The summed E-state index contributed by atoms with van der Waals surface area (Å²) in [6.07, 6.45) is 0. The van der Waals surface area contributed by atoms with E-state index in [4.69, 9.17) is 17.0 Å². The second-order valence-corrected chi connectivity index (χ2v) is 9.60. The fourth-order valence-electron chi connectivity index (χ4n) is 1.65. The van der Waals surface area contributed by atoms with E-state index in [2.05, 4.69) is 83.1 Å². The van der Waals surface area contributed by atoms with Crippen LogP contribution in [0.3, 0.4) is 0 Å². The van der Waals surface area contributed by atoms with Crippen molar-refractivity contribution in [1.82, 2.24) is 0 Å². The van der Waals surface area contributed by atoms with Gasteiger partial charge in [-0.2, -0.15) is 35.4 Å². The first-order valence-corrected chi connectivity index (χ1v) is 13.1. The molecule has 3 heteroatoms. The van der Waals surface area contributed by atoms with Crippen LogP contribution in [0.25, 0.3) is 0 Å². The summed E-state index contributed by atoms with van der Waals surface area (Å²) in [5.41, 5.74) is 3.18. The molecule has 2 aromatic rings. The van der Waals surface area contributed by atoms with Gasteiger partial charge in [0.2, 0.25) is 0 Å². The van der Waals surface area contributed by atoms with Crippen LogP contribution in [0, 0.1) is 0 Å². The molecule has 0 saturated carbocycles. The van der Waals surface area contributed by atoms with E-state index in [0.29, 0.717) is 11.3 Å². The Balaban J connectivity index is 0.000000304. The monoisotopic (exact) mass is 388 g/mol. The summed E-state index contributed by atoms with van der Waals surface area (Å²) in [6.45, 7) is 11.1. The Morgan fingerprint density at radius 3 is 1.40 bits per heavy atom. The summed E-state index contributed by atoms with van der Waals surface area (Å²) in [5, 5.41) is 0. The molecule has 0 saturated heterocycles. The number of hydrogen-bond donors (Lipinski definition) is 0. The molecule has 0 aliphatic rings. The van der Waals surface area contributed by atoms with Crippen LogP contribution in [0.1, 0.15) is 51.7 Å². The van der Waals surface area contributed by atoms with Gasteiger partial charge in [0.15, 0.2) is 0 Å². The van der Waals surface area contributed by atoms with Gasteiger partial charge in [-0.15, -0.1) is 0 Å². The van der Waals surface area contributed by atoms with E-state index >= 15 is 0 Å². The van der Waals surface area contributed by atoms with Gasteiger partial charge in [-0.05, 0) is 0 Å². The van der Waals surface area contributed by atoms with E-state index < -0.39 is 20.8 Å². The summed E-state index contributed by atoms with van der Waals surface area (Å²) in [5.74, 6) is 0.685. The SMILES string of the molecule is CC(C)(C)[c-]1cccc1.CC(C)[c-]1cccc1.[Cl][Zr+2][Cl]. The Labute approximate surface area is 142 Å². The maximum absolute atomic E-state index is 4.93. The van der Waals surface area contributed by atoms with Gasteiger partial charge in [-0.3, -0.25) is 0 Å². The van der Waals surface area contributed by atoms with Crippen molar-refractivity contribution in [2.75, 3.05) is 0 Å². The molecular formula is C17H24Cl2Zr. The third kappa shape index (κ3) is 9.16. The molecule has 0 amide bonds. The van der Waals surface area contributed by atoms with E-state index in [-0.39, 0.29) is 0 Å². The van der Waals surface area contributed by atoms with Crippen LogP contribution in [0.15, 0.2) is 48.5 Å². The van der Waals surface area contributed by atoms with Crippen molar-refractivity contribution < 1.29 is 20.8 Å². The standard InChI is InChI=1S/C9H13.C8H11.2ClH.Zr/c1-9(2,3)8-6-4-5-7-8;1-7(2)8-5-3-4-6-8;;;/h4-7H,1-3H3;3-7H,1-2H3;2*1H;/q2*-1;;;+4/p-2. The molecule has 0 aliphatic carbocycles. The third-order valence-electron chi connectivity index (χ3n) is 2.88. The molecule has 0 heterocycles. The number of halogens is 2. The molecule has 2 rings (SSSR count). The van der Waals surface area contributed by atoms with E-state index in [9.17, 15) is 0 Å². The predicted molar refractivity (Wildman–Crippen MR) is 88.6 cm³/mol. The van der Waals surface area contributed by atoms with Crippen molar-refractivity contribution in [2.24, 2.45) is 0 Å². The maximum atomic E-state index is 4.93. The van der Waals surface area contributed by atoms with Crippen LogP contribution in [-0.4, -0.2) is 0 Å². The molecule has 0 N–H and O–H groups in total. The Morgan fingerprint density at radius 1 is 0.850 bits per heavy atom. The van der Waals surface area contributed by atoms with Crippen LogP contribution in [0.4, 0.5) is 0 Å². The molecule has 0 fully saturated rings. The number of rotatable bonds is 1. The van der Waals surface area contributed by atoms with Crippen molar-refractivity contribution in [3.8, 4) is 0 Å². The Morgan fingerprint density at radius 2 is 1.20 bits per heavy atom. The van der Waals surface area contributed by atoms with Crippen LogP contribution in [-0.2, 0) is 26.3 Å². The van der Waals surface area contributed by atoms with Crippen LogP contribution in [0.5, 0.6) is 0 Å². The zero-order valence-corrected chi connectivity index (χ0v) is 16.9. The fourth-order valence-corrected chi connectivity index (χ4v) is 1.65. The molecule has 20 heavy (non-hydrogen) atoms. The summed E-state index contributed by atoms with van der Waals surface area (Å²) < 4.78 is 0. The Kier molecular flexibility index (Phi) is 10.9. The molecule has 0 nitrogen and oxygen atoms in total. The van der Waals surface area contributed by atoms with Gasteiger partial charge in [0.05, 0.1) is 0 Å². The Hall–Kier alpha value is 0.163. The second-order valence-electron chi connectivity index (χ2n) is 5.87. The molecule has 0 atom stereocenters. The van der Waals surface area contributed by atoms with E-state index in [1.54, 1.807) is 0 Å². The fraction of sp³-hybridized carbons (Fsp3) is 0.412. The van der Waals surface area contributed by atoms with Crippen LogP contribution in [0.2, 0.25) is 0 Å². The minimum absolute atomic E-state index is 0.323. The summed E-state index contributed by atoms with van der Waals surface area (Å²) >= 11 is -0.826. The Bertz CT molecular complexity index is 408. The average molecular weight is 391 g/mol. The van der Waals surface area contributed by atoms with Crippen molar-refractivity contribution in [3.63, 3.8) is 0 Å². The van der Waals surface area contributed by atoms with E-state index in [0.717, 1.165) is 0 Å². The van der Waals surface area contributed by atoms with Gasteiger partial charge >= 0.3 is 37.9 Å². The molecule has 110 valence electrons. The van der Waals surface area contributed by atoms with Crippen molar-refractivity contribution >= 4 is 17.0 Å². The van der Waals surface area contributed by atoms with Gasteiger partial charge in [-0.25, -0.2) is 24.3 Å². The van der Waals surface area contributed by atoms with E-state index in [1.807, 2.05) is 0 Å². The molecule has 0 spiro atoms. The van der Waals surface area contributed by atoms with Gasteiger partial charge in [-0.1, -0.05) is 46.0 Å². The van der Waals surface area contributed by atoms with Crippen LogP contribution >= 0.6 is 17.0 Å². The molecule has 0 aliphatic heterocycles. The minimum atomic E-state index is -0.826. The first-order valence-electron chi connectivity index (χ1n) is 6.73. The van der Waals surface area contributed by atoms with Crippen LogP contribution < -0.4 is 0 Å². The predicted octanol–water partition coefficient (Wildman–Crippen LogP) is 6.61. The summed E-state index contributed by atoms with van der Waals surface area (Å²) in [4.78, 5) is 0. The average Bonchev–Trinajstić information content (AvgIpc) is 3.04. The molecule has 0 unspecified atom stereocenters. The molecule has 0 radical (unpaired) electrons. The molecule has 2 aromatic carbocycles. The first kappa shape index (κ1) is 20.2. The summed E-state index contributed by atoms with van der Waals surface area (Å²) in [7, 11) is 9.87. The van der Waals surface area contributed by atoms with Gasteiger partial charge in [0.25, 0.3) is 0 Å². The molecule has 0 aromatic heterocycles.